The van der Waals surface area contributed by atoms with Crippen molar-refractivity contribution in [2.24, 2.45) is 10.3 Å². The lowest BCUT2D eigenvalue weighted by Gasteiger charge is -2.48. The Labute approximate surface area is 122 Å². The molecule has 1 unspecified atom stereocenters. The molecule has 1 atom stereocenters. The van der Waals surface area contributed by atoms with Crippen LogP contribution in [0.15, 0.2) is 57.9 Å². The summed E-state index contributed by atoms with van der Waals surface area (Å²) in [7, 11) is 1.97. The van der Waals surface area contributed by atoms with Crippen LogP contribution in [0.5, 0.6) is 0 Å². The van der Waals surface area contributed by atoms with Crippen molar-refractivity contribution in [1.29, 1.82) is 0 Å². The summed E-state index contributed by atoms with van der Waals surface area (Å²) in [5.41, 5.74) is 3.98. The van der Waals surface area contributed by atoms with E-state index in [1.165, 1.54) is 0 Å². The first-order valence-electron chi connectivity index (χ1n) is 6.22. The van der Waals surface area contributed by atoms with Gasteiger partial charge in [0.05, 0.1) is 17.9 Å². The van der Waals surface area contributed by atoms with Gasteiger partial charge in [0.2, 0.25) is 0 Å². The molecule has 0 bridgehead atoms. The second-order valence-corrected chi connectivity index (χ2v) is 5.05. The molecule has 0 aromatic heterocycles. The van der Waals surface area contributed by atoms with Crippen molar-refractivity contribution in [2.75, 3.05) is 20.1 Å². The van der Waals surface area contributed by atoms with Crippen molar-refractivity contribution >= 4 is 18.2 Å². The van der Waals surface area contributed by atoms with Crippen LogP contribution in [0.2, 0.25) is 0 Å². The monoisotopic (exact) mass is 291 g/mol. The molecule has 20 heavy (non-hydrogen) atoms. The fourth-order valence-electron chi connectivity index (χ4n) is 3.07. The Kier molecular flexibility index (Phi) is 2.72. The zero-order chi connectivity index (χ0) is 13.0. The van der Waals surface area contributed by atoms with Crippen molar-refractivity contribution < 1.29 is 4.79 Å². The first kappa shape index (κ1) is 12.9. The lowest BCUT2D eigenvalue weighted by atomic mass is 9.83. The Morgan fingerprint density at radius 3 is 3.10 bits per heavy atom. The van der Waals surface area contributed by atoms with Gasteiger partial charge in [-0.3, -0.25) is 10.2 Å². The lowest BCUT2D eigenvalue weighted by molar-refractivity contribution is -0.110. The van der Waals surface area contributed by atoms with Crippen LogP contribution in [0.1, 0.15) is 0 Å². The molecule has 1 N–H and O–H groups in total. The summed E-state index contributed by atoms with van der Waals surface area (Å²) in [6.07, 6.45) is 9.45. The average Bonchev–Trinajstić information content (AvgIpc) is 2.80. The summed E-state index contributed by atoms with van der Waals surface area (Å²) in [5.74, 6) is 1.07. The predicted molar refractivity (Wildman–Crippen MR) is 75.7 cm³/mol. The molecule has 4 aliphatic rings. The second-order valence-electron chi connectivity index (χ2n) is 5.05. The van der Waals surface area contributed by atoms with Gasteiger partial charge < -0.3 is 9.80 Å². The molecule has 1 fully saturated rings. The van der Waals surface area contributed by atoms with E-state index in [2.05, 4.69) is 32.8 Å². The highest BCUT2D eigenvalue weighted by Crippen LogP contribution is 2.43. The minimum atomic E-state index is -0.550. The fraction of sp³-hybridized carbons (Fsp3) is 0.308. The number of carbonyl (C=O) groups is 1. The number of nitrogens with zero attached hydrogens (tertiary/aromatic N) is 4. The van der Waals surface area contributed by atoms with Crippen LogP contribution in [0.25, 0.3) is 0 Å². The maximum absolute atomic E-state index is 11.8. The van der Waals surface area contributed by atoms with Gasteiger partial charge in [0.25, 0.3) is 0 Å². The first-order chi connectivity index (χ1) is 9.21. The summed E-state index contributed by atoms with van der Waals surface area (Å²) < 4.78 is 0. The highest BCUT2D eigenvalue weighted by atomic mass is 35.5. The summed E-state index contributed by atoms with van der Waals surface area (Å²) in [6.45, 7) is 1.55. The maximum Gasteiger partial charge on any atom is 0.182 e. The van der Waals surface area contributed by atoms with Gasteiger partial charge in [-0.15, -0.1) is 17.5 Å². The molecular weight excluding hydrogens is 278 g/mol. The van der Waals surface area contributed by atoms with Gasteiger partial charge in [-0.2, -0.15) is 0 Å². The number of ketones is 1. The number of hydrogen-bond acceptors (Lipinski definition) is 6. The van der Waals surface area contributed by atoms with Crippen LogP contribution >= 0.6 is 12.4 Å². The SMILES string of the molecule is CN1C2=CC=CCN2CC23N=NNC2=CC(=O)C=C13.Cl. The largest absolute Gasteiger partial charge is 0.351 e. The predicted octanol–water partition coefficient (Wildman–Crippen LogP) is 1.13. The number of fused-ring (bicyclic) bond motifs is 1. The number of likely N-dealkylation sites (N-methyl/N-ethyl adjacent to an activating group) is 1. The van der Waals surface area contributed by atoms with Crippen molar-refractivity contribution in [3.63, 3.8) is 0 Å². The molecule has 6 nitrogen and oxygen atoms in total. The topological polar surface area (TPSA) is 60.3 Å². The van der Waals surface area contributed by atoms with Gasteiger partial charge >= 0.3 is 0 Å². The van der Waals surface area contributed by atoms with Gasteiger partial charge in [0.1, 0.15) is 5.82 Å². The molecule has 0 radical (unpaired) electrons. The zero-order valence-corrected chi connectivity index (χ0v) is 11.7. The van der Waals surface area contributed by atoms with E-state index in [0.717, 1.165) is 23.8 Å². The number of halogens is 1. The zero-order valence-electron chi connectivity index (χ0n) is 10.9. The maximum atomic E-state index is 11.8. The van der Waals surface area contributed by atoms with Gasteiger partial charge in [-0.05, 0) is 6.08 Å². The number of rotatable bonds is 0. The van der Waals surface area contributed by atoms with Gasteiger partial charge in [-0.25, -0.2) is 0 Å². The Morgan fingerprint density at radius 2 is 2.25 bits per heavy atom. The van der Waals surface area contributed by atoms with E-state index < -0.39 is 5.54 Å². The van der Waals surface area contributed by atoms with Gasteiger partial charge in [-0.1, -0.05) is 17.4 Å². The highest BCUT2D eigenvalue weighted by molar-refractivity contribution is 6.02. The molecule has 1 saturated heterocycles. The number of allylic oxidation sites excluding steroid dienone is 4. The Balaban J connectivity index is 0.00000121. The molecule has 0 amide bonds. The van der Waals surface area contributed by atoms with E-state index in [9.17, 15) is 4.79 Å². The lowest BCUT2D eigenvalue weighted by Crippen LogP contribution is -2.56. The van der Waals surface area contributed by atoms with Crippen LogP contribution in [0.4, 0.5) is 0 Å². The number of nitrogens with one attached hydrogen (secondary N) is 1. The van der Waals surface area contributed by atoms with Crippen LogP contribution < -0.4 is 5.43 Å². The molecule has 0 saturated carbocycles. The fourth-order valence-corrected chi connectivity index (χ4v) is 3.07. The highest BCUT2D eigenvalue weighted by Gasteiger charge is 2.52. The van der Waals surface area contributed by atoms with Crippen LogP contribution in [0.3, 0.4) is 0 Å². The van der Waals surface area contributed by atoms with E-state index in [1.807, 2.05) is 18.0 Å². The molecule has 7 heteroatoms. The molecule has 4 rings (SSSR count). The van der Waals surface area contributed by atoms with Gasteiger partial charge in [0, 0.05) is 25.7 Å². The second kappa shape index (κ2) is 4.21. The smallest absolute Gasteiger partial charge is 0.182 e. The van der Waals surface area contributed by atoms with E-state index in [0.29, 0.717) is 6.54 Å². The van der Waals surface area contributed by atoms with Crippen LogP contribution in [-0.2, 0) is 4.79 Å². The third kappa shape index (κ3) is 1.48. The Morgan fingerprint density at radius 1 is 1.40 bits per heavy atom. The van der Waals surface area contributed by atoms with Crippen molar-refractivity contribution in [3.05, 3.63) is 47.6 Å². The Bertz CT molecular complexity index is 633. The summed E-state index contributed by atoms with van der Waals surface area (Å²) in [4.78, 5) is 16.1. The quantitative estimate of drug-likeness (QED) is 0.727. The van der Waals surface area contributed by atoms with Crippen molar-refractivity contribution in [1.82, 2.24) is 15.2 Å². The first-order valence-corrected chi connectivity index (χ1v) is 6.22. The number of hydrogen-bond donors (Lipinski definition) is 1. The molecule has 104 valence electrons. The number of carbonyl (C=O) groups excluding carboxylic acids is 1. The van der Waals surface area contributed by atoms with E-state index in [1.54, 1.807) is 12.2 Å². The van der Waals surface area contributed by atoms with Crippen molar-refractivity contribution in [3.8, 4) is 0 Å². The molecule has 0 aromatic carbocycles. The van der Waals surface area contributed by atoms with Crippen LogP contribution in [0, 0.1) is 0 Å². The van der Waals surface area contributed by atoms with Crippen LogP contribution in [-0.4, -0.2) is 41.3 Å². The molecule has 0 aromatic rings. The van der Waals surface area contributed by atoms with E-state index in [-0.39, 0.29) is 18.2 Å². The Hall–Kier alpha value is -2.08. The third-order valence-corrected chi connectivity index (χ3v) is 3.98. The summed E-state index contributed by atoms with van der Waals surface area (Å²) in [6, 6.07) is 0. The van der Waals surface area contributed by atoms with Gasteiger partial charge in [0.15, 0.2) is 11.3 Å². The summed E-state index contributed by atoms with van der Waals surface area (Å²) in [5, 5.41) is 8.31. The summed E-state index contributed by atoms with van der Waals surface area (Å²) >= 11 is 0. The molecule has 3 heterocycles. The molecular formula is C13H14ClN5O. The minimum Gasteiger partial charge on any atom is -0.351 e. The standard InChI is InChI=1S/C13H13N5O.ClH/c1-17-11-7-9(19)6-10-13(11,15-16-14-10)8-18-5-3-2-4-12(17)18;/h2-4,6-7H,5,8H2,1H3,(H,14,15);1H. The third-order valence-electron chi connectivity index (χ3n) is 3.98. The van der Waals surface area contributed by atoms with E-state index in [4.69, 9.17) is 0 Å². The van der Waals surface area contributed by atoms with Crippen molar-refractivity contribution in [2.45, 2.75) is 5.54 Å². The normalized spacial score (nSPS) is 29.4. The average molecular weight is 292 g/mol. The minimum absolute atomic E-state index is 0. The molecule has 1 spiro atoms. The van der Waals surface area contributed by atoms with E-state index >= 15 is 0 Å². The molecule has 3 aliphatic heterocycles. The molecule has 1 aliphatic carbocycles.